The molecule has 2 aromatic carbocycles. The van der Waals surface area contributed by atoms with Gasteiger partial charge in [0.25, 0.3) is 0 Å². The maximum absolute atomic E-state index is 12.2. The molecule has 0 radical (unpaired) electrons. The molecule has 0 fully saturated rings. The minimum atomic E-state index is -0.0913. The molecule has 1 heterocycles. The average molecular weight is 418 g/mol. The third-order valence-electron chi connectivity index (χ3n) is 4.17. The molecule has 28 heavy (non-hydrogen) atoms. The molecule has 0 aliphatic carbocycles. The summed E-state index contributed by atoms with van der Waals surface area (Å²) in [6.45, 7) is 2.92. The van der Waals surface area contributed by atoms with Crippen LogP contribution in [0, 0.1) is 6.92 Å². The molecule has 1 N–H and O–H groups in total. The Morgan fingerprint density at radius 3 is 2.71 bits per heavy atom. The van der Waals surface area contributed by atoms with Crippen LogP contribution in [0.25, 0.3) is 0 Å². The minimum Gasteiger partial charge on any atom is -0.494 e. The van der Waals surface area contributed by atoms with Crippen molar-refractivity contribution < 1.29 is 9.53 Å². The molecule has 0 aliphatic heterocycles. The Kier molecular flexibility index (Phi) is 6.95. The van der Waals surface area contributed by atoms with Crippen LogP contribution in [-0.4, -0.2) is 22.3 Å². The highest BCUT2D eigenvalue weighted by Crippen LogP contribution is 2.26. The van der Waals surface area contributed by atoms with Gasteiger partial charge in [-0.05, 0) is 37.1 Å². The zero-order chi connectivity index (χ0) is 19.9. The third-order valence-corrected chi connectivity index (χ3v) is 5.03. The van der Waals surface area contributed by atoms with E-state index >= 15 is 0 Å². The van der Waals surface area contributed by atoms with Gasteiger partial charge in [-0.25, -0.2) is 4.68 Å². The number of nitrogens with one attached hydrogen (secondary N) is 1. The monoisotopic (exact) mass is 417 g/mol. The van der Waals surface area contributed by atoms with Gasteiger partial charge >= 0.3 is 0 Å². The van der Waals surface area contributed by atoms with Gasteiger partial charge in [0.1, 0.15) is 11.6 Å². The van der Waals surface area contributed by atoms with Crippen molar-refractivity contribution in [2.24, 2.45) is 0 Å². The first kappa shape index (κ1) is 20.2. The fraction of sp³-hybridized carbons (Fsp3) is 0.238. The third kappa shape index (κ3) is 5.50. The lowest BCUT2D eigenvalue weighted by atomic mass is 10.2. The first-order valence-electron chi connectivity index (χ1n) is 8.97. The van der Waals surface area contributed by atoms with Crippen LogP contribution in [-0.2, 0) is 11.3 Å². The summed E-state index contributed by atoms with van der Waals surface area (Å²) in [5.41, 5.74) is 2.02. The number of halogens is 2. The standard InChI is InChI=1S/C21H21Cl2N3O2/c1-15-7-9-17(10-8-15)28-13-3-6-20(27)25-19-11-12-24-26(19)14-16-4-2-5-18(22)21(16)23/h2,4-5,7-12H,3,6,13-14H2,1H3,(H,25,27). The smallest absolute Gasteiger partial charge is 0.225 e. The highest BCUT2D eigenvalue weighted by Gasteiger charge is 2.10. The number of rotatable bonds is 8. The topological polar surface area (TPSA) is 56.1 Å². The summed E-state index contributed by atoms with van der Waals surface area (Å²) in [7, 11) is 0. The zero-order valence-corrected chi connectivity index (χ0v) is 17.0. The predicted molar refractivity (Wildman–Crippen MR) is 112 cm³/mol. The normalized spacial score (nSPS) is 10.7. The van der Waals surface area contributed by atoms with E-state index in [-0.39, 0.29) is 5.91 Å². The molecule has 146 valence electrons. The molecule has 3 rings (SSSR count). The number of carbonyl (C=O) groups excluding carboxylic acids is 1. The number of aromatic nitrogens is 2. The van der Waals surface area contributed by atoms with Crippen molar-refractivity contribution >= 4 is 34.9 Å². The number of hydrogen-bond acceptors (Lipinski definition) is 3. The Morgan fingerprint density at radius 1 is 1.14 bits per heavy atom. The van der Waals surface area contributed by atoms with Crippen LogP contribution in [0.2, 0.25) is 10.0 Å². The Hall–Kier alpha value is -2.50. The number of ether oxygens (including phenoxy) is 1. The molecule has 5 nitrogen and oxygen atoms in total. The number of anilines is 1. The SMILES string of the molecule is Cc1ccc(OCCCC(=O)Nc2ccnn2Cc2cccc(Cl)c2Cl)cc1. The highest BCUT2D eigenvalue weighted by molar-refractivity contribution is 6.42. The minimum absolute atomic E-state index is 0.0913. The summed E-state index contributed by atoms with van der Waals surface area (Å²) in [4.78, 5) is 12.2. The fourth-order valence-corrected chi connectivity index (χ4v) is 3.04. The van der Waals surface area contributed by atoms with Crippen LogP contribution >= 0.6 is 23.2 Å². The van der Waals surface area contributed by atoms with Gasteiger partial charge in [-0.2, -0.15) is 5.10 Å². The van der Waals surface area contributed by atoms with Gasteiger partial charge in [0.05, 0.1) is 29.4 Å². The Labute approximate surface area is 174 Å². The van der Waals surface area contributed by atoms with E-state index in [4.69, 9.17) is 27.9 Å². The maximum atomic E-state index is 12.2. The van der Waals surface area contributed by atoms with Crippen LogP contribution in [0.1, 0.15) is 24.0 Å². The lowest BCUT2D eigenvalue weighted by Gasteiger charge is -2.11. The number of hydrogen-bond donors (Lipinski definition) is 1. The summed E-state index contributed by atoms with van der Waals surface area (Å²) >= 11 is 12.3. The fourth-order valence-electron chi connectivity index (χ4n) is 2.66. The summed E-state index contributed by atoms with van der Waals surface area (Å²) in [6, 6.07) is 15.0. The Bertz CT molecular complexity index is 939. The van der Waals surface area contributed by atoms with Crippen molar-refractivity contribution in [3.8, 4) is 5.75 Å². The van der Waals surface area contributed by atoms with Crippen LogP contribution < -0.4 is 10.1 Å². The predicted octanol–water partition coefficient (Wildman–Crippen LogP) is 5.34. The lowest BCUT2D eigenvalue weighted by Crippen LogP contribution is -2.16. The molecule has 3 aromatic rings. The molecule has 0 unspecified atom stereocenters. The number of aryl methyl sites for hydroxylation is 1. The molecule has 1 aromatic heterocycles. The van der Waals surface area contributed by atoms with Crippen LogP contribution in [0.3, 0.4) is 0 Å². The molecule has 0 bridgehead atoms. The van der Waals surface area contributed by atoms with Crippen LogP contribution in [0.5, 0.6) is 5.75 Å². The summed E-state index contributed by atoms with van der Waals surface area (Å²) in [5.74, 6) is 1.33. The number of benzene rings is 2. The maximum Gasteiger partial charge on any atom is 0.225 e. The molecule has 7 heteroatoms. The Morgan fingerprint density at radius 2 is 1.93 bits per heavy atom. The van der Waals surface area contributed by atoms with Gasteiger partial charge in [-0.15, -0.1) is 0 Å². The first-order chi connectivity index (χ1) is 13.5. The second-order valence-electron chi connectivity index (χ2n) is 6.40. The number of nitrogens with zero attached hydrogens (tertiary/aromatic N) is 2. The van der Waals surface area contributed by atoms with Crippen LogP contribution in [0.15, 0.2) is 54.7 Å². The van der Waals surface area contributed by atoms with Crippen molar-refractivity contribution in [1.29, 1.82) is 0 Å². The molecule has 0 saturated heterocycles. The van der Waals surface area contributed by atoms with Gasteiger partial charge in [-0.1, -0.05) is 53.0 Å². The van der Waals surface area contributed by atoms with Crippen molar-refractivity contribution in [2.45, 2.75) is 26.3 Å². The van der Waals surface area contributed by atoms with E-state index in [1.54, 1.807) is 23.0 Å². The van der Waals surface area contributed by atoms with Crippen molar-refractivity contribution in [1.82, 2.24) is 9.78 Å². The second kappa shape index (κ2) is 9.62. The van der Waals surface area contributed by atoms with Gasteiger partial charge < -0.3 is 10.1 Å². The van der Waals surface area contributed by atoms with E-state index in [2.05, 4.69) is 10.4 Å². The summed E-state index contributed by atoms with van der Waals surface area (Å²) in [6.07, 6.45) is 2.61. The Balaban J connectivity index is 1.49. The number of carbonyl (C=O) groups is 1. The van der Waals surface area contributed by atoms with E-state index in [0.717, 1.165) is 11.3 Å². The number of amides is 1. The molecule has 0 spiro atoms. The van der Waals surface area contributed by atoms with Crippen molar-refractivity contribution in [3.05, 3.63) is 75.9 Å². The van der Waals surface area contributed by atoms with Crippen molar-refractivity contribution in [2.75, 3.05) is 11.9 Å². The van der Waals surface area contributed by atoms with E-state index in [0.29, 0.717) is 41.9 Å². The van der Waals surface area contributed by atoms with E-state index in [1.165, 1.54) is 5.56 Å². The largest absolute Gasteiger partial charge is 0.494 e. The van der Waals surface area contributed by atoms with Crippen molar-refractivity contribution in [3.63, 3.8) is 0 Å². The highest BCUT2D eigenvalue weighted by atomic mass is 35.5. The summed E-state index contributed by atoms with van der Waals surface area (Å²) < 4.78 is 7.33. The van der Waals surface area contributed by atoms with Gasteiger partial charge in [0, 0.05) is 12.5 Å². The second-order valence-corrected chi connectivity index (χ2v) is 7.19. The van der Waals surface area contributed by atoms with Crippen LogP contribution in [0.4, 0.5) is 5.82 Å². The molecule has 0 aliphatic rings. The van der Waals surface area contributed by atoms with Gasteiger partial charge in [0.15, 0.2) is 0 Å². The van der Waals surface area contributed by atoms with E-state index in [9.17, 15) is 4.79 Å². The van der Waals surface area contributed by atoms with Gasteiger partial charge in [0.2, 0.25) is 5.91 Å². The molecular formula is C21H21Cl2N3O2. The van der Waals surface area contributed by atoms with E-state index in [1.807, 2.05) is 43.3 Å². The molecule has 0 saturated carbocycles. The zero-order valence-electron chi connectivity index (χ0n) is 15.5. The molecule has 0 atom stereocenters. The molecular weight excluding hydrogens is 397 g/mol. The first-order valence-corrected chi connectivity index (χ1v) is 9.72. The molecule has 1 amide bonds. The summed E-state index contributed by atoms with van der Waals surface area (Å²) in [5, 5.41) is 8.12. The van der Waals surface area contributed by atoms with E-state index < -0.39 is 0 Å². The lowest BCUT2D eigenvalue weighted by molar-refractivity contribution is -0.116. The quantitative estimate of drug-likeness (QED) is 0.502. The average Bonchev–Trinajstić information content (AvgIpc) is 3.10. The van der Waals surface area contributed by atoms with Gasteiger partial charge in [-0.3, -0.25) is 4.79 Å².